The molecule has 30 heavy (non-hydrogen) atoms. The number of rotatable bonds is 8. The minimum atomic E-state index is -0.819. The minimum Gasteiger partial charge on any atom is -0.493 e. The van der Waals surface area contributed by atoms with Crippen molar-refractivity contribution in [1.29, 1.82) is 0 Å². The summed E-state index contributed by atoms with van der Waals surface area (Å²) in [5, 5.41) is 5.58. The van der Waals surface area contributed by atoms with Crippen LogP contribution in [0.1, 0.15) is 48.3 Å². The van der Waals surface area contributed by atoms with Gasteiger partial charge in [0.15, 0.2) is 11.5 Å². The number of methoxy groups -OCH3 is 2. The molecule has 7 heteroatoms. The molecule has 0 aliphatic rings. The number of hydrogen-bond donors (Lipinski definition) is 2. The fraction of sp³-hybridized carbons (Fsp3) is 0.391. The summed E-state index contributed by atoms with van der Waals surface area (Å²) < 4.78 is 24.6. The molecular weight excluding hydrogens is 387 g/mol. The second kappa shape index (κ2) is 10.1. The van der Waals surface area contributed by atoms with Gasteiger partial charge in [-0.2, -0.15) is 0 Å². The highest BCUT2D eigenvalue weighted by atomic mass is 19.1. The van der Waals surface area contributed by atoms with Gasteiger partial charge in [-0.3, -0.25) is 9.59 Å². The Bertz CT molecular complexity index is 914. The number of halogens is 1. The van der Waals surface area contributed by atoms with Gasteiger partial charge in [-0.1, -0.05) is 26.0 Å². The summed E-state index contributed by atoms with van der Waals surface area (Å²) in [6.07, 6.45) is 0. The van der Waals surface area contributed by atoms with Crippen LogP contribution in [-0.4, -0.2) is 32.1 Å². The number of carbonyl (C=O) groups is 2. The lowest BCUT2D eigenvalue weighted by Crippen LogP contribution is -2.50. The number of benzene rings is 2. The Kier molecular flexibility index (Phi) is 7.80. The maximum atomic E-state index is 13.9. The topological polar surface area (TPSA) is 76.7 Å². The molecule has 162 valence electrons. The normalized spacial score (nSPS) is 12.8. The van der Waals surface area contributed by atoms with Crippen molar-refractivity contribution in [2.24, 2.45) is 5.92 Å². The second-order valence-corrected chi connectivity index (χ2v) is 7.47. The van der Waals surface area contributed by atoms with Gasteiger partial charge in [0.1, 0.15) is 11.9 Å². The lowest BCUT2D eigenvalue weighted by molar-refractivity contribution is -0.124. The van der Waals surface area contributed by atoms with E-state index < -0.39 is 17.8 Å². The highest BCUT2D eigenvalue weighted by Gasteiger charge is 2.27. The highest BCUT2D eigenvalue weighted by molar-refractivity contribution is 5.97. The molecule has 0 saturated heterocycles. The van der Waals surface area contributed by atoms with Crippen molar-refractivity contribution in [2.45, 2.75) is 39.8 Å². The molecule has 2 atom stereocenters. The van der Waals surface area contributed by atoms with Crippen molar-refractivity contribution >= 4 is 11.8 Å². The number of aryl methyl sites for hydroxylation is 1. The third-order valence-electron chi connectivity index (χ3n) is 4.95. The zero-order valence-electron chi connectivity index (χ0n) is 18.2. The molecule has 0 aromatic heterocycles. The van der Waals surface area contributed by atoms with Crippen LogP contribution in [0.3, 0.4) is 0 Å². The van der Waals surface area contributed by atoms with Gasteiger partial charge >= 0.3 is 0 Å². The van der Waals surface area contributed by atoms with E-state index in [4.69, 9.17) is 9.47 Å². The van der Waals surface area contributed by atoms with E-state index in [-0.39, 0.29) is 23.4 Å². The summed E-state index contributed by atoms with van der Waals surface area (Å²) >= 11 is 0. The van der Waals surface area contributed by atoms with Crippen LogP contribution >= 0.6 is 0 Å². The van der Waals surface area contributed by atoms with Crippen molar-refractivity contribution in [3.8, 4) is 11.5 Å². The molecular formula is C23H29FN2O4. The molecule has 0 heterocycles. The van der Waals surface area contributed by atoms with Crippen LogP contribution in [0, 0.1) is 18.7 Å². The number of ether oxygens (including phenoxy) is 2. The number of amides is 2. The van der Waals surface area contributed by atoms with Gasteiger partial charge in [0.2, 0.25) is 5.91 Å². The molecule has 2 N–H and O–H groups in total. The SMILES string of the molecule is COc1cc(C)c(C(C)NC(=O)C(NC(=O)c2ccccc2F)C(C)C)cc1OC. The van der Waals surface area contributed by atoms with Crippen LogP contribution in [0.5, 0.6) is 11.5 Å². The second-order valence-electron chi connectivity index (χ2n) is 7.47. The fourth-order valence-electron chi connectivity index (χ4n) is 3.24. The van der Waals surface area contributed by atoms with Gasteiger partial charge in [-0.15, -0.1) is 0 Å². The van der Waals surface area contributed by atoms with Gasteiger partial charge < -0.3 is 20.1 Å². The number of carbonyl (C=O) groups excluding carboxylic acids is 2. The Morgan fingerprint density at radius 2 is 1.57 bits per heavy atom. The molecule has 0 radical (unpaired) electrons. The lowest BCUT2D eigenvalue weighted by atomic mass is 9.99. The third kappa shape index (κ3) is 5.28. The first-order chi connectivity index (χ1) is 14.2. The van der Waals surface area contributed by atoms with Crippen molar-refractivity contribution in [1.82, 2.24) is 10.6 Å². The Balaban J connectivity index is 2.19. The van der Waals surface area contributed by atoms with Crippen molar-refractivity contribution < 1.29 is 23.5 Å². The quantitative estimate of drug-likeness (QED) is 0.687. The molecule has 2 amide bonds. The van der Waals surface area contributed by atoms with Crippen molar-refractivity contribution in [2.75, 3.05) is 14.2 Å². The summed E-state index contributed by atoms with van der Waals surface area (Å²) in [6.45, 7) is 7.40. The predicted octanol–water partition coefficient (Wildman–Crippen LogP) is 3.78. The molecule has 0 fully saturated rings. The smallest absolute Gasteiger partial charge is 0.254 e. The molecule has 6 nitrogen and oxygen atoms in total. The molecule has 0 aliphatic carbocycles. The standard InChI is InChI=1S/C23H29FN2O4/c1-13(2)21(26-22(27)16-9-7-8-10-18(16)24)23(28)25-15(4)17-12-20(30-6)19(29-5)11-14(17)3/h7-13,15,21H,1-6H3,(H,25,28)(H,26,27). The summed E-state index contributed by atoms with van der Waals surface area (Å²) in [5.41, 5.74) is 1.70. The van der Waals surface area contributed by atoms with Gasteiger partial charge in [0.05, 0.1) is 25.8 Å². The van der Waals surface area contributed by atoms with Crippen LogP contribution in [0.25, 0.3) is 0 Å². The van der Waals surface area contributed by atoms with E-state index in [0.717, 1.165) is 11.1 Å². The van der Waals surface area contributed by atoms with E-state index in [9.17, 15) is 14.0 Å². The monoisotopic (exact) mass is 416 g/mol. The molecule has 2 unspecified atom stereocenters. The largest absolute Gasteiger partial charge is 0.493 e. The highest BCUT2D eigenvalue weighted by Crippen LogP contribution is 2.32. The first-order valence-electron chi connectivity index (χ1n) is 9.77. The zero-order valence-corrected chi connectivity index (χ0v) is 18.2. The van der Waals surface area contributed by atoms with Crippen LogP contribution < -0.4 is 20.1 Å². The Morgan fingerprint density at radius 1 is 0.967 bits per heavy atom. The fourth-order valence-corrected chi connectivity index (χ4v) is 3.24. The molecule has 0 saturated carbocycles. The maximum absolute atomic E-state index is 13.9. The van der Waals surface area contributed by atoms with Gasteiger partial charge in [-0.05, 0) is 55.2 Å². The Labute approximate surface area is 176 Å². The van der Waals surface area contributed by atoms with Gasteiger partial charge in [-0.25, -0.2) is 4.39 Å². The molecule has 2 aromatic rings. The Hall–Kier alpha value is -3.09. The molecule has 2 aromatic carbocycles. The predicted molar refractivity (Wildman–Crippen MR) is 113 cm³/mol. The third-order valence-corrected chi connectivity index (χ3v) is 4.95. The first-order valence-corrected chi connectivity index (χ1v) is 9.77. The Morgan fingerprint density at radius 3 is 2.13 bits per heavy atom. The summed E-state index contributed by atoms with van der Waals surface area (Å²) in [5.74, 6) is -0.637. The van der Waals surface area contributed by atoms with E-state index in [1.165, 1.54) is 18.2 Å². The maximum Gasteiger partial charge on any atom is 0.254 e. The average molecular weight is 416 g/mol. The summed E-state index contributed by atoms with van der Waals surface area (Å²) in [6, 6.07) is 8.18. The van der Waals surface area contributed by atoms with Crippen LogP contribution in [0.2, 0.25) is 0 Å². The van der Waals surface area contributed by atoms with Gasteiger partial charge in [0.25, 0.3) is 5.91 Å². The van der Waals surface area contributed by atoms with E-state index in [1.807, 2.05) is 39.8 Å². The first kappa shape index (κ1) is 23.2. The molecule has 0 spiro atoms. The van der Waals surface area contributed by atoms with Gasteiger partial charge in [0, 0.05) is 0 Å². The number of nitrogens with one attached hydrogen (secondary N) is 2. The minimum absolute atomic E-state index is 0.0975. The molecule has 2 rings (SSSR count). The summed E-state index contributed by atoms with van der Waals surface area (Å²) in [7, 11) is 3.11. The lowest BCUT2D eigenvalue weighted by Gasteiger charge is -2.25. The zero-order chi connectivity index (χ0) is 22.4. The van der Waals surface area contributed by atoms with Crippen LogP contribution in [-0.2, 0) is 4.79 Å². The van der Waals surface area contributed by atoms with E-state index >= 15 is 0 Å². The molecule has 0 bridgehead atoms. The number of hydrogen-bond acceptors (Lipinski definition) is 4. The average Bonchev–Trinajstić information content (AvgIpc) is 2.71. The van der Waals surface area contributed by atoms with E-state index in [2.05, 4.69) is 10.6 Å². The van der Waals surface area contributed by atoms with Crippen molar-refractivity contribution in [3.05, 3.63) is 58.9 Å². The van der Waals surface area contributed by atoms with Crippen LogP contribution in [0.15, 0.2) is 36.4 Å². The van der Waals surface area contributed by atoms with E-state index in [0.29, 0.717) is 11.5 Å². The molecule has 0 aliphatic heterocycles. The summed E-state index contributed by atoms with van der Waals surface area (Å²) in [4.78, 5) is 25.4. The van der Waals surface area contributed by atoms with Crippen LogP contribution in [0.4, 0.5) is 4.39 Å². The van der Waals surface area contributed by atoms with Crippen molar-refractivity contribution in [3.63, 3.8) is 0 Å². The van der Waals surface area contributed by atoms with E-state index in [1.54, 1.807) is 20.3 Å².